The van der Waals surface area contributed by atoms with Crippen LogP contribution in [0.5, 0.6) is 0 Å². The lowest BCUT2D eigenvalue weighted by atomic mass is 9.70. The van der Waals surface area contributed by atoms with Crippen LogP contribution in [-0.2, 0) is 5.41 Å². The van der Waals surface area contributed by atoms with E-state index in [-0.39, 0.29) is 0 Å². The van der Waals surface area contributed by atoms with Crippen molar-refractivity contribution in [3.8, 4) is 16.8 Å². The van der Waals surface area contributed by atoms with Crippen molar-refractivity contribution in [1.29, 1.82) is 0 Å². The fourth-order valence-corrected chi connectivity index (χ4v) is 5.51. The number of para-hydroxylation sites is 2. The zero-order chi connectivity index (χ0) is 21.8. The quantitative estimate of drug-likeness (QED) is 0.372. The molecule has 2 aromatic heterocycles. The van der Waals surface area contributed by atoms with E-state index in [4.69, 9.17) is 0 Å². The maximum atomic E-state index is 4.61. The van der Waals surface area contributed by atoms with E-state index in [0.717, 1.165) is 22.4 Å². The second-order valence-electron chi connectivity index (χ2n) is 8.47. The average Bonchev–Trinajstić information content (AvgIpc) is 3.61. The normalized spacial score (nSPS) is 13.7. The molecular formula is C29H20N4. The summed E-state index contributed by atoms with van der Waals surface area (Å²) in [6, 6.07) is 36.6. The van der Waals surface area contributed by atoms with Gasteiger partial charge < -0.3 is 0 Å². The lowest BCUT2D eigenvalue weighted by Gasteiger charge is -2.32. The molecule has 156 valence electrons. The number of nitrogens with one attached hydrogen (secondary N) is 1. The van der Waals surface area contributed by atoms with Crippen LogP contribution in [0.1, 0.15) is 22.4 Å². The van der Waals surface area contributed by atoms with Gasteiger partial charge in [-0.3, -0.25) is 9.67 Å². The van der Waals surface area contributed by atoms with Crippen molar-refractivity contribution in [2.45, 2.75) is 5.41 Å². The maximum absolute atomic E-state index is 4.61. The monoisotopic (exact) mass is 424 g/mol. The third-order valence-corrected chi connectivity index (χ3v) is 6.87. The average molecular weight is 425 g/mol. The zero-order valence-corrected chi connectivity index (χ0v) is 17.8. The number of fused-ring (bicyclic) bond motifs is 4. The third-order valence-electron chi connectivity index (χ3n) is 6.87. The number of aromatic amines is 1. The minimum Gasteiger partial charge on any atom is -0.299 e. The summed E-state index contributed by atoms with van der Waals surface area (Å²) < 4.78 is 2.16. The van der Waals surface area contributed by atoms with Crippen molar-refractivity contribution in [2.24, 2.45) is 0 Å². The topological polar surface area (TPSA) is 46.5 Å². The second kappa shape index (κ2) is 6.78. The molecule has 2 heterocycles. The van der Waals surface area contributed by atoms with E-state index in [1.165, 1.54) is 27.8 Å². The maximum Gasteiger partial charge on any atom is 0.100 e. The van der Waals surface area contributed by atoms with Crippen molar-refractivity contribution in [1.82, 2.24) is 19.7 Å². The minimum atomic E-state index is -0.476. The summed E-state index contributed by atoms with van der Waals surface area (Å²) in [6.45, 7) is 0. The van der Waals surface area contributed by atoms with Crippen LogP contribution in [0.15, 0.2) is 116 Å². The molecule has 0 saturated carbocycles. The van der Waals surface area contributed by atoms with Crippen LogP contribution in [-0.4, -0.2) is 19.7 Å². The molecule has 1 N–H and O–H groups in total. The van der Waals surface area contributed by atoms with Gasteiger partial charge in [0.25, 0.3) is 0 Å². The van der Waals surface area contributed by atoms with Crippen molar-refractivity contribution < 1.29 is 0 Å². The predicted molar refractivity (Wildman–Crippen MR) is 131 cm³/mol. The molecule has 0 amide bonds. The molecule has 1 aliphatic rings. The SMILES string of the molecule is c1cc(-n2cnc3ccccc32)cc(C2(c3ccn[nH]3)c3ccccc3-c3ccccc32)c1. The Balaban J connectivity index is 1.56. The van der Waals surface area contributed by atoms with Crippen LogP contribution in [0.3, 0.4) is 0 Å². The largest absolute Gasteiger partial charge is 0.299 e. The van der Waals surface area contributed by atoms with E-state index in [0.29, 0.717) is 0 Å². The first-order valence-corrected chi connectivity index (χ1v) is 11.1. The molecule has 0 fully saturated rings. The summed E-state index contributed by atoms with van der Waals surface area (Å²) >= 11 is 0. The van der Waals surface area contributed by atoms with Gasteiger partial charge in [-0.2, -0.15) is 5.10 Å². The molecule has 0 aliphatic heterocycles. The summed E-state index contributed by atoms with van der Waals surface area (Å²) in [5.41, 5.74) is 10.0. The Morgan fingerprint density at radius 3 is 2.18 bits per heavy atom. The molecule has 7 rings (SSSR count). The molecule has 0 spiro atoms. The summed E-state index contributed by atoms with van der Waals surface area (Å²) in [5.74, 6) is 0. The Morgan fingerprint density at radius 1 is 0.697 bits per heavy atom. The Morgan fingerprint density at radius 2 is 1.42 bits per heavy atom. The highest BCUT2D eigenvalue weighted by Gasteiger charge is 2.47. The van der Waals surface area contributed by atoms with Crippen molar-refractivity contribution in [3.05, 3.63) is 138 Å². The summed E-state index contributed by atoms with van der Waals surface area (Å²) in [4.78, 5) is 4.61. The van der Waals surface area contributed by atoms with Crippen molar-refractivity contribution in [3.63, 3.8) is 0 Å². The van der Waals surface area contributed by atoms with Crippen LogP contribution < -0.4 is 0 Å². The van der Waals surface area contributed by atoms with E-state index >= 15 is 0 Å². The number of hydrogen-bond acceptors (Lipinski definition) is 2. The summed E-state index contributed by atoms with van der Waals surface area (Å²) in [6.07, 6.45) is 3.75. The lowest BCUT2D eigenvalue weighted by molar-refractivity contribution is 0.727. The van der Waals surface area contributed by atoms with Gasteiger partial charge in [0, 0.05) is 11.9 Å². The summed E-state index contributed by atoms with van der Waals surface area (Å²) in [7, 11) is 0. The Kier molecular flexibility index (Phi) is 3.73. The zero-order valence-electron chi connectivity index (χ0n) is 17.8. The Hall–Kier alpha value is -4.44. The van der Waals surface area contributed by atoms with E-state index in [9.17, 15) is 0 Å². The number of nitrogens with zero attached hydrogens (tertiary/aromatic N) is 3. The van der Waals surface area contributed by atoms with Crippen LogP contribution in [0.4, 0.5) is 0 Å². The summed E-state index contributed by atoms with van der Waals surface area (Å²) in [5, 5.41) is 7.67. The minimum absolute atomic E-state index is 0.476. The van der Waals surface area contributed by atoms with Crippen LogP contribution >= 0.6 is 0 Å². The number of rotatable bonds is 3. The van der Waals surface area contributed by atoms with Gasteiger partial charge in [0.2, 0.25) is 0 Å². The number of benzene rings is 4. The predicted octanol–water partition coefficient (Wildman–Crippen LogP) is 6.11. The Labute approximate surface area is 191 Å². The number of aromatic nitrogens is 4. The van der Waals surface area contributed by atoms with Crippen LogP contribution in [0.25, 0.3) is 27.8 Å². The lowest BCUT2D eigenvalue weighted by Crippen LogP contribution is -2.29. The molecule has 0 bridgehead atoms. The van der Waals surface area contributed by atoms with Crippen molar-refractivity contribution in [2.75, 3.05) is 0 Å². The van der Waals surface area contributed by atoms with Gasteiger partial charge in [-0.1, -0.05) is 72.8 Å². The van der Waals surface area contributed by atoms with Gasteiger partial charge in [-0.15, -0.1) is 0 Å². The van der Waals surface area contributed by atoms with Gasteiger partial charge in [0.05, 0.1) is 22.1 Å². The smallest absolute Gasteiger partial charge is 0.100 e. The van der Waals surface area contributed by atoms with Gasteiger partial charge >= 0.3 is 0 Å². The Bertz CT molecular complexity index is 1580. The fraction of sp³-hybridized carbons (Fsp3) is 0.0345. The third kappa shape index (κ3) is 2.40. The first-order valence-electron chi connectivity index (χ1n) is 11.1. The standard InChI is InChI=1S/C29H20N4/c1-3-12-24-22(10-1)23-11-2-4-13-25(23)29(24,28-16-17-31-32-28)20-8-7-9-21(18-20)33-19-30-26-14-5-6-15-27(26)33/h1-19H,(H,31,32). The van der Waals surface area contributed by atoms with Crippen molar-refractivity contribution >= 4 is 11.0 Å². The molecule has 4 heteroatoms. The molecule has 6 aromatic rings. The first kappa shape index (κ1) is 18.2. The molecule has 0 radical (unpaired) electrons. The highest BCUT2D eigenvalue weighted by atomic mass is 15.1. The molecule has 0 saturated heterocycles. The van der Waals surface area contributed by atoms with Gasteiger partial charge in [0.15, 0.2) is 0 Å². The fourth-order valence-electron chi connectivity index (χ4n) is 5.51. The van der Waals surface area contributed by atoms with Gasteiger partial charge in [-0.25, -0.2) is 4.98 Å². The number of H-pyrrole nitrogens is 1. The van der Waals surface area contributed by atoms with Gasteiger partial charge in [0.1, 0.15) is 6.33 Å². The highest BCUT2D eigenvalue weighted by molar-refractivity contribution is 5.86. The van der Waals surface area contributed by atoms with E-state index < -0.39 is 5.41 Å². The van der Waals surface area contributed by atoms with Crippen LogP contribution in [0, 0.1) is 0 Å². The van der Waals surface area contributed by atoms with Gasteiger partial charge in [-0.05, 0) is 58.1 Å². The number of hydrogen-bond donors (Lipinski definition) is 1. The molecule has 0 unspecified atom stereocenters. The first-order chi connectivity index (χ1) is 16.4. The number of imidazole rings is 1. The molecule has 4 aromatic carbocycles. The molecule has 1 aliphatic carbocycles. The highest BCUT2D eigenvalue weighted by Crippen LogP contribution is 2.55. The second-order valence-corrected chi connectivity index (χ2v) is 8.47. The molecule has 0 atom stereocenters. The van der Waals surface area contributed by atoms with E-state index in [1.807, 2.05) is 24.7 Å². The molecular weight excluding hydrogens is 404 g/mol. The van der Waals surface area contributed by atoms with E-state index in [1.54, 1.807) is 0 Å². The van der Waals surface area contributed by atoms with E-state index in [2.05, 4.69) is 111 Å². The van der Waals surface area contributed by atoms with Crippen LogP contribution in [0.2, 0.25) is 0 Å². The molecule has 4 nitrogen and oxygen atoms in total. The molecule has 33 heavy (non-hydrogen) atoms.